The van der Waals surface area contributed by atoms with Crippen molar-refractivity contribution in [3.63, 3.8) is 0 Å². The molecular formula is Cl5NORu-. The van der Waals surface area contributed by atoms with Gasteiger partial charge in [0.1, 0.15) is 0 Å². The zero-order chi connectivity index (χ0) is 2.00. The van der Waals surface area contributed by atoms with E-state index in [1.165, 1.54) is 0 Å². The van der Waals surface area contributed by atoms with Gasteiger partial charge in [0, 0.05) is 0 Å². The van der Waals surface area contributed by atoms with E-state index in [1.807, 2.05) is 0 Å². The summed E-state index contributed by atoms with van der Waals surface area (Å²) in [5.41, 5.74) is 5.75. The maximum atomic E-state index is 7.25. The van der Waals surface area contributed by atoms with Gasteiger partial charge in [-0.1, -0.05) is 0 Å². The third-order valence-corrected chi connectivity index (χ3v) is 0. The van der Waals surface area contributed by atoms with E-state index in [9.17, 15) is 0 Å². The quantitative estimate of drug-likeness (QED) is 0.324. The minimum Gasteiger partial charge on any atom is -1.00 e. The first kappa shape index (κ1) is 99.0. The van der Waals surface area contributed by atoms with Crippen molar-refractivity contribution >= 4 is 0 Å². The molecule has 2 nitrogen and oxygen atoms in total. The van der Waals surface area contributed by atoms with Gasteiger partial charge in [0.2, 0.25) is 0 Å². The summed E-state index contributed by atoms with van der Waals surface area (Å²) >= 11 is 0. The molecule has 0 aliphatic heterocycles. The van der Waals surface area contributed by atoms with Crippen LogP contribution in [0.15, 0.2) is 0 Å². The molecule has 0 saturated carbocycles. The molecule has 0 amide bonds. The Morgan fingerprint density at radius 2 is 0.625 bits per heavy atom. The zero-order valence-corrected chi connectivity index (χ0v) is 8.62. The first-order chi connectivity index (χ1) is 1.00. The summed E-state index contributed by atoms with van der Waals surface area (Å²) in [5, 5.41) is 0. The van der Waals surface area contributed by atoms with E-state index < -0.39 is 0 Å². The molecule has 8 heavy (non-hydrogen) atoms. The zero-order valence-electron chi connectivity index (χ0n) is 3.10. The molecule has 0 spiro atoms. The summed E-state index contributed by atoms with van der Waals surface area (Å²) in [7, 11) is 0. The summed E-state index contributed by atoms with van der Waals surface area (Å²) in [6, 6.07) is 0. The maximum absolute atomic E-state index is 7.25. The molecule has 0 aromatic rings. The number of nitrogens with zero attached hydrogens (tertiary/aromatic N) is 1. The van der Waals surface area contributed by atoms with Crippen molar-refractivity contribution in [2.24, 2.45) is 0 Å². The predicted octanol–water partition coefficient (Wildman–Crippen LogP) is -15.1. The minimum absolute atomic E-state index is 0. The molecule has 0 aliphatic rings. The Labute approximate surface area is 91.2 Å². The van der Waals surface area contributed by atoms with Crippen LogP contribution in [0.3, 0.4) is 0 Å². The van der Waals surface area contributed by atoms with Crippen molar-refractivity contribution in [2.75, 3.05) is 0 Å². The fourth-order valence-electron chi connectivity index (χ4n) is 0. The minimum atomic E-state index is 0. The van der Waals surface area contributed by atoms with E-state index in [1.54, 1.807) is 0 Å². The second kappa shape index (κ2) is 172. The van der Waals surface area contributed by atoms with Crippen molar-refractivity contribution in [2.45, 2.75) is 0 Å². The molecule has 0 unspecified atom stereocenters. The number of hydrogen-bond donors (Lipinski definition) is 0. The Hall–Kier alpha value is 1.74. The Morgan fingerprint density at radius 3 is 0.625 bits per heavy atom. The molecule has 55 valence electrons. The van der Waals surface area contributed by atoms with E-state index in [4.69, 9.17) is 10.2 Å². The Kier molecular flexibility index (Phi) is 2130. The van der Waals surface area contributed by atoms with Crippen molar-refractivity contribution in [3.8, 4) is 0 Å². The second-order valence-electron chi connectivity index (χ2n) is 0. The standard InChI is InChI=1S/5ClH.NO.Ru/c;;;;;1-2;/h5*1H;;/q;;;;;+1;+3/p-5. The summed E-state index contributed by atoms with van der Waals surface area (Å²) in [5.74, 6) is 0. The van der Waals surface area contributed by atoms with E-state index in [2.05, 4.69) is 0 Å². The summed E-state index contributed by atoms with van der Waals surface area (Å²) < 4.78 is 7.25. The van der Waals surface area contributed by atoms with E-state index in [0.29, 0.717) is 0 Å². The van der Waals surface area contributed by atoms with Crippen LogP contribution in [-0.4, -0.2) is 0 Å². The molecule has 0 aromatic carbocycles. The van der Waals surface area contributed by atoms with E-state index >= 15 is 0 Å². The van der Waals surface area contributed by atoms with Crippen molar-refractivity contribution in [1.82, 2.24) is 0 Å². The van der Waals surface area contributed by atoms with Crippen LogP contribution in [-0.2, 0) is 24.3 Å². The van der Waals surface area contributed by atoms with Crippen molar-refractivity contribution < 1.29 is 86.3 Å². The third-order valence-electron chi connectivity index (χ3n) is 0. The summed E-state index contributed by atoms with van der Waals surface area (Å²) in [6.07, 6.45) is 0. The molecule has 0 N–H and O–H groups in total. The summed E-state index contributed by atoms with van der Waals surface area (Å²) in [6.45, 7) is 0. The number of rotatable bonds is 0. The Morgan fingerprint density at radius 1 is 0.625 bits per heavy atom. The van der Waals surface area contributed by atoms with Crippen molar-refractivity contribution in [1.29, 1.82) is 5.46 Å². The molecular weight excluding hydrogens is 308 g/mol. The topological polar surface area (TPSA) is 43.7 Å². The van der Waals surface area contributed by atoms with Crippen LogP contribution in [0.2, 0.25) is 0 Å². The predicted molar refractivity (Wildman–Crippen MR) is 2.41 cm³/mol. The molecule has 0 rings (SSSR count). The van der Waals surface area contributed by atoms with Gasteiger partial charge in [0.25, 0.3) is 0 Å². The molecule has 0 saturated heterocycles. The largest absolute Gasteiger partial charge is 3.00 e. The molecule has 0 atom stereocenters. The van der Waals surface area contributed by atoms with Crippen LogP contribution in [0.25, 0.3) is 0 Å². The van der Waals surface area contributed by atoms with Gasteiger partial charge >= 0.3 is 29.7 Å². The Balaban J connectivity index is -0.000000000333. The smallest absolute Gasteiger partial charge is 1.00 e. The van der Waals surface area contributed by atoms with Gasteiger partial charge in [-0.05, 0) is 0 Å². The van der Waals surface area contributed by atoms with Crippen LogP contribution in [0.5, 0.6) is 0 Å². The van der Waals surface area contributed by atoms with Crippen LogP contribution in [0.1, 0.15) is 0 Å². The van der Waals surface area contributed by atoms with E-state index in [0.717, 1.165) is 0 Å². The first-order valence-electron chi connectivity index (χ1n) is 0.183. The molecule has 1 radical (unpaired) electrons. The van der Waals surface area contributed by atoms with Gasteiger partial charge in [0.05, 0.1) is 0 Å². The van der Waals surface area contributed by atoms with Crippen LogP contribution >= 0.6 is 0 Å². The average Bonchev–Trinajstić information content (AvgIpc) is 1.00. The first-order valence-corrected chi connectivity index (χ1v) is 0.183. The van der Waals surface area contributed by atoms with Gasteiger partial charge in [-0.25, -0.2) is 0 Å². The van der Waals surface area contributed by atoms with Gasteiger partial charge < -0.3 is 62.0 Å². The van der Waals surface area contributed by atoms with Gasteiger partial charge in [-0.15, -0.1) is 0 Å². The maximum Gasteiger partial charge on any atom is 3.00 e. The molecule has 0 bridgehead atoms. The molecule has 0 aromatic heterocycles. The fraction of sp³-hybridized carbons (Fsp3) is 0. The molecule has 0 fully saturated rings. The SMILES string of the molecule is N#[O+].[Cl-].[Cl-].[Cl-].[Cl-].[Cl-].[Ru+3]. The second-order valence-corrected chi connectivity index (χ2v) is 0. The molecule has 0 aliphatic carbocycles. The van der Waals surface area contributed by atoms with E-state index in [-0.39, 0.29) is 81.5 Å². The van der Waals surface area contributed by atoms with Crippen LogP contribution in [0.4, 0.5) is 0 Å². The molecule has 0 heterocycles. The third kappa shape index (κ3) is 116. The average molecular weight is 308 g/mol. The van der Waals surface area contributed by atoms with Gasteiger partial charge in [-0.2, -0.15) is 0 Å². The number of halogens is 5. The normalized spacial score (nSPS) is 0.250. The van der Waals surface area contributed by atoms with Crippen molar-refractivity contribution in [3.05, 3.63) is 0 Å². The van der Waals surface area contributed by atoms with Crippen LogP contribution < -0.4 is 62.0 Å². The summed E-state index contributed by atoms with van der Waals surface area (Å²) in [4.78, 5) is 0. The number of hydrogen-bond acceptors (Lipinski definition) is 1. The molecule has 8 heteroatoms. The fourth-order valence-corrected chi connectivity index (χ4v) is 0. The Bertz CT molecular complexity index is 17.1. The van der Waals surface area contributed by atoms with Gasteiger partial charge in [-0.3, -0.25) is 0 Å². The monoisotopic (exact) mass is 307 g/mol. The van der Waals surface area contributed by atoms with Gasteiger partial charge in [0.15, 0.2) is 0 Å². The van der Waals surface area contributed by atoms with Crippen LogP contribution in [0, 0.1) is 5.46 Å².